The average molecular weight is 518 g/mol. The molecule has 1 fully saturated rings. The molecule has 8 heteroatoms. The molecular weight excluding hydrogens is 486 g/mol. The lowest BCUT2D eigenvalue weighted by molar-refractivity contribution is -0.121. The fourth-order valence-corrected chi connectivity index (χ4v) is 5.54. The molecule has 0 bridgehead atoms. The van der Waals surface area contributed by atoms with Crippen molar-refractivity contribution in [2.24, 2.45) is 0 Å². The lowest BCUT2D eigenvalue weighted by Gasteiger charge is -2.38. The zero-order valence-corrected chi connectivity index (χ0v) is 21.9. The van der Waals surface area contributed by atoms with Gasteiger partial charge in [0.25, 0.3) is 5.56 Å². The monoisotopic (exact) mass is 517 g/mol. The maximum Gasteiger partial charge on any atom is 0.295 e. The number of nitrogens with zero attached hydrogens (tertiary/aromatic N) is 4. The van der Waals surface area contributed by atoms with Crippen LogP contribution < -0.4 is 10.9 Å². The highest BCUT2D eigenvalue weighted by Gasteiger charge is 2.34. The van der Waals surface area contributed by atoms with E-state index in [-0.39, 0.29) is 16.9 Å². The summed E-state index contributed by atoms with van der Waals surface area (Å²) in [6.07, 6.45) is 8.51. The van der Waals surface area contributed by atoms with E-state index in [2.05, 4.69) is 39.8 Å². The van der Waals surface area contributed by atoms with E-state index in [4.69, 9.17) is 11.6 Å². The van der Waals surface area contributed by atoms with Gasteiger partial charge in [0.15, 0.2) is 5.52 Å². The van der Waals surface area contributed by atoms with Gasteiger partial charge in [-0.3, -0.25) is 9.59 Å². The first-order chi connectivity index (χ1) is 17.9. The summed E-state index contributed by atoms with van der Waals surface area (Å²) >= 11 is 5.99. The number of aryl methyl sites for hydroxylation is 2. The van der Waals surface area contributed by atoms with Crippen LogP contribution in [0.3, 0.4) is 0 Å². The first-order valence-corrected chi connectivity index (χ1v) is 13.4. The van der Waals surface area contributed by atoms with Crippen LogP contribution in [-0.4, -0.2) is 32.0 Å². The molecule has 1 aliphatic rings. The third-order valence-corrected chi connectivity index (χ3v) is 7.75. The summed E-state index contributed by atoms with van der Waals surface area (Å²) in [5, 5.41) is 13.5. The highest BCUT2D eigenvalue weighted by Crippen LogP contribution is 2.38. The average Bonchev–Trinajstić information content (AvgIpc) is 3.38. The molecule has 1 amide bonds. The second-order valence-corrected chi connectivity index (χ2v) is 10.4. The molecule has 5 rings (SSSR count). The van der Waals surface area contributed by atoms with Gasteiger partial charge < -0.3 is 5.32 Å². The van der Waals surface area contributed by atoms with E-state index in [1.807, 2.05) is 31.3 Å². The number of carbonyl (C=O) groups excluding carboxylic acids is 1. The molecule has 7 nitrogen and oxygen atoms in total. The summed E-state index contributed by atoms with van der Waals surface area (Å²) < 4.78 is 3.10. The van der Waals surface area contributed by atoms with Crippen molar-refractivity contribution in [3.8, 4) is 5.69 Å². The van der Waals surface area contributed by atoms with Crippen molar-refractivity contribution >= 4 is 28.4 Å². The van der Waals surface area contributed by atoms with Crippen molar-refractivity contribution in [1.29, 1.82) is 0 Å². The molecule has 0 atom stereocenters. The van der Waals surface area contributed by atoms with Gasteiger partial charge in [0.1, 0.15) is 0 Å². The lowest BCUT2D eigenvalue weighted by atomic mass is 9.69. The van der Waals surface area contributed by atoms with Gasteiger partial charge in [-0.05, 0) is 56.0 Å². The standard InChI is InChI=1S/C29H32ClN5O2/c1-21-25-19-35(24-14-12-23(30)13-15-24)33-27(25)28(37)34(32-21)18-8-11-26(36)31-20-29(16-6-3-7-17-29)22-9-4-2-5-10-22/h2,4-5,9-10,12-15,19H,3,6-8,11,16-18,20H2,1H3,(H,31,36). The lowest BCUT2D eigenvalue weighted by Crippen LogP contribution is -2.42. The van der Waals surface area contributed by atoms with Crippen LogP contribution in [0.4, 0.5) is 0 Å². The van der Waals surface area contributed by atoms with Crippen LogP contribution in [0.1, 0.15) is 56.2 Å². The smallest absolute Gasteiger partial charge is 0.295 e. The summed E-state index contributed by atoms with van der Waals surface area (Å²) in [6, 6.07) is 17.8. The van der Waals surface area contributed by atoms with Gasteiger partial charge >= 0.3 is 0 Å². The zero-order chi connectivity index (χ0) is 25.8. The summed E-state index contributed by atoms with van der Waals surface area (Å²) in [7, 11) is 0. The van der Waals surface area contributed by atoms with E-state index in [0.29, 0.717) is 41.9 Å². The number of nitrogens with one attached hydrogen (secondary N) is 1. The Hall–Kier alpha value is -3.45. The molecule has 2 aromatic heterocycles. The predicted molar refractivity (Wildman–Crippen MR) is 146 cm³/mol. The zero-order valence-electron chi connectivity index (χ0n) is 21.1. The fraction of sp³-hybridized carbons (Fsp3) is 0.379. The largest absolute Gasteiger partial charge is 0.355 e. The number of hydrogen-bond donors (Lipinski definition) is 1. The van der Waals surface area contributed by atoms with Crippen LogP contribution in [0, 0.1) is 6.92 Å². The van der Waals surface area contributed by atoms with E-state index >= 15 is 0 Å². The first-order valence-electron chi connectivity index (χ1n) is 13.0. The molecule has 2 heterocycles. The van der Waals surface area contributed by atoms with Gasteiger partial charge in [0.2, 0.25) is 5.91 Å². The number of rotatable bonds is 8. The summed E-state index contributed by atoms with van der Waals surface area (Å²) in [5.74, 6) is 0.0127. The molecule has 0 saturated heterocycles. The number of carbonyl (C=O) groups is 1. The number of fused-ring (bicyclic) bond motifs is 1. The maximum absolute atomic E-state index is 13.1. The summed E-state index contributed by atoms with van der Waals surface area (Å²) in [6.45, 7) is 2.88. The number of aromatic nitrogens is 4. The Kier molecular flexibility index (Phi) is 7.42. The van der Waals surface area contributed by atoms with Crippen molar-refractivity contribution in [1.82, 2.24) is 24.9 Å². The molecule has 0 spiro atoms. The van der Waals surface area contributed by atoms with E-state index in [9.17, 15) is 9.59 Å². The topological polar surface area (TPSA) is 81.8 Å². The van der Waals surface area contributed by atoms with E-state index in [1.165, 1.54) is 29.5 Å². The molecule has 1 N–H and O–H groups in total. The minimum absolute atomic E-state index is 0.0126. The van der Waals surface area contributed by atoms with E-state index in [0.717, 1.165) is 24.2 Å². The summed E-state index contributed by atoms with van der Waals surface area (Å²) in [4.78, 5) is 25.8. The molecule has 4 aromatic rings. The molecule has 192 valence electrons. The van der Waals surface area contributed by atoms with E-state index < -0.39 is 0 Å². The van der Waals surface area contributed by atoms with Crippen LogP contribution in [0.25, 0.3) is 16.6 Å². The first kappa shape index (κ1) is 25.2. The molecule has 37 heavy (non-hydrogen) atoms. The van der Waals surface area contributed by atoms with Crippen LogP contribution in [-0.2, 0) is 16.8 Å². The molecule has 1 saturated carbocycles. The van der Waals surface area contributed by atoms with Crippen LogP contribution in [0.5, 0.6) is 0 Å². The van der Waals surface area contributed by atoms with Crippen LogP contribution in [0.2, 0.25) is 5.02 Å². The van der Waals surface area contributed by atoms with Crippen LogP contribution in [0.15, 0.2) is 65.6 Å². The van der Waals surface area contributed by atoms with Crippen molar-refractivity contribution in [3.05, 3.63) is 87.4 Å². The number of hydrogen-bond acceptors (Lipinski definition) is 4. The van der Waals surface area contributed by atoms with Crippen LogP contribution >= 0.6 is 11.6 Å². The van der Waals surface area contributed by atoms with Crippen molar-refractivity contribution in [3.63, 3.8) is 0 Å². The quantitative estimate of drug-likeness (QED) is 0.342. The van der Waals surface area contributed by atoms with Gasteiger partial charge in [-0.1, -0.05) is 61.2 Å². The van der Waals surface area contributed by atoms with Gasteiger partial charge in [0, 0.05) is 41.5 Å². The SMILES string of the molecule is Cc1nn(CCCC(=O)NCC2(c3ccccc3)CCCCC2)c(=O)c2nn(-c3ccc(Cl)cc3)cc12. The van der Waals surface area contributed by atoms with Crippen molar-refractivity contribution in [2.75, 3.05) is 6.54 Å². The number of halogens is 1. The van der Waals surface area contributed by atoms with Crippen molar-refractivity contribution in [2.45, 2.75) is 63.8 Å². The molecular formula is C29H32ClN5O2. The Balaban J connectivity index is 1.23. The second-order valence-electron chi connectivity index (χ2n) is 10.0. The van der Waals surface area contributed by atoms with Gasteiger partial charge in [-0.2, -0.15) is 10.2 Å². The third kappa shape index (κ3) is 5.47. The number of benzene rings is 2. The molecule has 0 radical (unpaired) electrons. The van der Waals surface area contributed by atoms with Gasteiger partial charge in [-0.15, -0.1) is 0 Å². The predicted octanol–water partition coefficient (Wildman–Crippen LogP) is 5.34. The normalized spacial score (nSPS) is 15.1. The minimum Gasteiger partial charge on any atom is -0.355 e. The Bertz CT molecular complexity index is 1440. The minimum atomic E-state index is -0.251. The molecule has 0 unspecified atom stereocenters. The van der Waals surface area contributed by atoms with Gasteiger partial charge in [0.05, 0.1) is 11.4 Å². The van der Waals surface area contributed by atoms with Gasteiger partial charge in [-0.25, -0.2) is 9.36 Å². The Morgan fingerprint density at radius 2 is 1.76 bits per heavy atom. The fourth-order valence-electron chi connectivity index (χ4n) is 5.41. The Morgan fingerprint density at radius 1 is 1.03 bits per heavy atom. The Morgan fingerprint density at radius 3 is 2.49 bits per heavy atom. The molecule has 2 aromatic carbocycles. The summed E-state index contributed by atoms with van der Waals surface area (Å²) in [5.41, 5.74) is 2.98. The Labute approximate surface area is 221 Å². The van der Waals surface area contributed by atoms with E-state index in [1.54, 1.807) is 16.8 Å². The number of amides is 1. The second kappa shape index (κ2) is 10.9. The maximum atomic E-state index is 13.1. The third-order valence-electron chi connectivity index (χ3n) is 7.50. The molecule has 1 aliphatic carbocycles. The molecule has 0 aliphatic heterocycles. The van der Waals surface area contributed by atoms with Crippen molar-refractivity contribution < 1.29 is 4.79 Å². The highest BCUT2D eigenvalue weighted by atomic mass is 35.5. The highest BCUT2D eigenvalue weighted by molar-refractivity contribution is 6.30.